The molecule has 0 aromatic rings. The summed E-state index contributed by atoms with van der Waals surface area (Å²) in [6.45, 7) is 6.62. The molecule has 5 heteroatoms. The third-order valence-electron chi connectivity index (χ3n) is 4.86. The highest BCUT2D eigenvalue weighted by atomic mass is 28.3. The largest absolute Gasteiger partial charge is 0.469 e. The third kappa shape index (κ3) is 10.2. The van der Waals surface area contributed by atoms with Crippen LogP contribution in [-0.4, -0.2) is 34.0 Å². The van der Waals surface area contributed by atoms with Crippen molar-refractivity contribution in [3.63, 3.8) is 0 Å². The molecule has 28 heavy (non-hydrogen) atoms. The second-order valence-corrected chi connectivity index (χ2v) is 10.0. The van der Waals surface area contributed by atoms with E-state index >= 15 is 0 Å². The van der Waals surface area contributed by atoms with Crippen LogP contribution in [0.2, 0.25) is 13.1 Å². The lowest BCUT2D eigenvalue weighted by Crippen LogP contribution is -2.18. The van der Waals surface area contributed by atoms with Gasteiger partial charge in [0, 0.05) is 18.4 Å². The first-order valence-corrected chi connectivity index (χ1v) is 13.6. The Morgan fingerprint density at radius 1 is 1.18 bits per heavy atom. The number of ketones is 1. The summed E-state index contributed by atoms with van der Waals surface area (Å²) in [5, 5.41) is 0. The van der Waals surface area contributed by atoms with Crippen LogP contribution in [0, 0.1) is 0 Å². The number of ether oxygens (including phenoxy) is 1. The Balaban J connectivity index is 2.62. The Kier molecular flexibility index (Phi) is 12.7. The van der Waals surface area contributed by atoms with Crippen LogP contribution in [-0.2, 0) is 18.8 Å². The van der Waals surface area contributed by atoms with Gasteiger partial charge in [0.05, 0.1) is 13.2 Å². The number of esters is 1. The van der Waals surface area contributed by atoms with Crippen LogP contribution in [0.25, 0.3) is 0 Å². The molecule has 0 aromatic carbocycles. The normalized spacial score (nSPS) is 16.1. The van der Waals surface area contributed by atoms with Crippen molar-refractivity contribution in [2.75, 3.05) is 7.11 Å². The van der Waals surface area contributed by atoms with E-state index in [-0.39, 0.29) is 17.9 Å². The number of allylic oxidation sites excluding steroid dienone is 5. The highest BCUT2D eigenvalue weighted by Gasteiger charge is 2.20. The molecule has 0 aliphatic heterocycles. The van der Waals surface area contributed by atoms with Gasteiger partial charge >= 0.3 is 5.97 Å². The average Bonchev–Trinajstić information content (AvgIpc) is 3.01. The van der Waals surface area contributed by atoms with Gasteiger partial charge < -0.3 is 9.16 Å². The number of unbranched alkanes of at least 4 members (excludes halogenated alkanes) is 3. The molecule has 0 aromatic heterocycles. The van der Waals surface area contributed by atoms with Gasteiger partial charge in [0.1, 0.15) is 0 Å². The molecular formula is C23H38O4Si. The molecular weight excluding hydrogens is 368 g/mol. The topological polar surface area (TPSA) is 52.6 Å². The number of hydrogen-bond donors (Lipinski definition) is 0. The summed E-state index contributed by atoms with van der Waals surface area (Å²) in [6.07, 6.45) is 17.5. The molecule has 1 atom stereocenters. The lowest BCUT2D eigenvalue weighted by Gasteiger charge is -2.17. The average molecular weight is 407 g/mol. The Hall–Kier alpha value is -1.46. The maximum atomic E-state index is 12.3. The van der Waals surface area contributed by atoms with Crippen LogP contribution in [0.3, 0.4) is 0 Å². The van der Waals surface area contributed by atoms with E-state index in [0.29, 0.717) is 19.3 Å². The van der Waals surface area contributed by atoms with Crippen molar-refractivity contribution in [2.24, 2.45) is 0 Å². The summed E-state index contributed by atoms with van der Waals surface area (Å²) in [6, 6.07) is 0. The molecule has 0 N–H and O–H groups in total. The molecule has 1 aliphatic rings. The second-order valence-electron chi connectivity index (χ2n) is 7.65. The molecule has 4 nitrogen and oxygen atoms in total. The molecule has 0 saturated heterocycles. The minimum absolute atomic E-state index is 0.172. The number of rotatable bonds is 14. The Labute approximate surface area is 172 Å². The summed E-state index contributed by atoms with van der Waals surface area (Å²) in [5.74, 6) is 0.0928. The molecule has 0 fully saturated rings. The van der Waals surface area contributed by atoms with Gasteiger partial charge in [-0.25, -0.2) is 0 Å². The quantitative estimate of drug-likeness (QED) is 0.167. The van der Waals surface area contributed by atoms with Crippen LogP contribution in [0.15, 0.2) is 35.5 Å². The van der Waals surface area contributed by atoms with E-state index in [9.17, 15) is 9.59 Å². The van der Waals surface area contributed by atoms with Crippen LogP contribution in [0.1, 0.15) is 71.1 Å². The maximum Gasteiger partial charge on any atom is 0.305 e. The van der Waals surface area contributed by atoms with E-state index in [4.69, 9.17) is 4.43 Å². The van der Waals surface area contributed by atoms with Gasteiger partial charge in [-0.1, -0.05) is 50.5 Å². The van der Waals surface area contributed by atoms with Gasteiger partial charge in [-0.05, 0) is 50.8 Å². The zero-order valence-corrected chi connectivity index (χ0v) is 19.3. The van der Waals surface area contributed by atoms with E-state index in [1.165, 1.54) is 31.9 Å². The highest BCUT2D eigenvalue weighted by molar-refractivity contribution is 6.48. The summed E-state index contributed by atoms with van der Waals surface area (Å²) >= 11 is 0. The maximum absolute atomic E-state index is 12.3. The molecule has 1 rings (SSSR count). The zero-order valence-electron chi connectivity index (χ0n) is 18.2. The zero-order chi connectivity index (χ0) is 20.8. The van der Waals surface area contributed by atoms with Crippen LogP contribution < -0.4 is 0 Å². The Bertz CT molecular complexity index is 575. The molecule has 0 saturated carbocycles. The minimum Gasteiger partial charge on any atom is -0.469 e. The van der Waals surface area contributed by atoms with Crippen molar-refractivity contribution < 1.29 is 18.8 Å². The molecule has 0 amide bonds. The predicted molar refractivity (Wildman–Crippen MR) is 118 cm³/mol. The fraction of sp³-hybridized carbons (Fsp3) is 0.652. The van der Waals surface area contributed by atoms with E-state index in [2.05, 4.69) is 49.1 Å². The number of carbonyl (C=O) groups excluding carboxylic acids is 2. The van der Waals surface area contributed by atoms with Crippen molar-refractivity contribution in [3.05, 3.63) is 35.5 Å². The number of methoxy groups -OCH3 is 1. The molecule has 0 spiro atoms. The van der Waals surface area contributed by atoms with Gasteiger partial charge in [0.2, 0.25) is 0 Å². The van der Waals surface area contributed by atoms with Crippen LogP contribution in [0.4, 0.5) is 0 Å². The lowest BCUT2D eigenvalue weighted by molar-refractivity contribution is -0.140. The fourth-order valence-electron chi connectivity index (χ4n) is 3.32. The SMILES string of the molecule is CCCCC[C@@H](/C=C/C1=C(C/C=C/CCCC(=O)OC)C(=O)CC1)O[SiH](C)C. The molecule has 1 aliphatic carbocycles. The monoisotopic (exact) mass is 406 g/mol. The standard InChI is InChI=1S/C23H38O4Si/c1-5-6-9-12-20(27-28(3)4)17-15-19-16-18-22(24)21(19)13-10-7-8-11-14-23(25)26-2/h7,10,15,17,20,28H,5-6,8-9,11-14,16,18H2,1-4H3/b10-7+,17-15+/t20-/m0/s1. The van der Waals surface area contributed by atoms with Crippen molar-refractivity contribution in [2.45, 2.75) is 90.3 Å². The summed E-state index contributed by atoms with van der Waals surface area (Å²) in [7, 11) is 0.320. The summed E-state index contributed by atoms with van der Waals surface area (Å²) in [5.41, 5.74) is 2.10. The van der Waals surface area contributed by atoms with E-state index in [0.717, 1.165) is 31.3 Å². The smallest absolute Gasteiger partial charge is 0.305 e. The van der Waals surface area contributed by atoms with Gasteiger partial charge in [0.15, 0.2) is 14.8 Å². The minimum atomic E-state index is -1.09. The first-order valence-electron chi connectivity index (χ1n) is 10.8. The molecule has 0 heterocycles. The van der Waals surface area contributed by atoms with Gasteiger partial charge in [-0.2, -0.15) is 0 Å². The van der Waals surface area contributed by atoms with Crippen molar-refractivity contribution in [3.8, 4) is 0 Å². The second kappa shape index (κ2) is 14.5. The Morgan fingerprint density at radius 3 is 2.64 bits per heavy atom. The van der Waals surface area contributed by atoms with Gasteiger partial charge in [-0.3, -0.25) is 9.59 Å². The van der Waals surface area contributed by atoms with Crippen LogP contribution >= 0.6 is 0 Å². The van der Waals surface area contributed by atoms with Gasteiger partial charge in [-0.15, -0.1) is 0 Å². The number of hydrogen-bond acceptors (Lipinski definition) is 4. The fourth-order valence-corrected chi connectivity index (χ4v) is 4.25. The first-order chi connectivity index (χ1) is 13.5. The Morgan fingerprint density at radius 2 is 1.96 bits per heavy atom. The van der Waals surface area contributed by atoms with Crippen molar-refractivity contribution in [1.29, 1.82) is 0 Å². The van der Waals surface area contributed by atoms with E-state index in [1.807, 2.05) is 0 Å². The summed E-state index contributed by atoms with van der Waals surface area (Å²) in [4.78, 5) is 23.4. The van der Waals surface area contributed by atoms with Crippen LogP contribution in [0.5, 0.6) is 0 Å². The summed E-state index contributed by atoms with van der Waals surface area (Å²) < 4.78 is 10.8. The highest BCUT2D eigenvalue weighted by Crippen LogP contribution is 2.27. The number of carbonyl (C=O) groups is 2. The molecule has 0 unspecified atom stereocenters. The molecule has 158 valence electrons. The van der Waals surface area contributed by atoms with E-state index < -0.39 is 9.04 Å². The lowest BCUT2D eigenvalue weighted by atomic mass is 10.0. The first kappa shape index (κ1) is 24.6. The third-order valence-corrected chi connectivity index (χ3v) is 5.76. The van der Waals surface area contributed by atoms with Gasteiger partial charge in [0.25, 0.3) is 0 Å². The van der Waals surface area contributed by atoms with Crippen molar-refractivity contribution >= 4 is 20.8 Å². The predicted octanol–water partition coefficient (Wildman–Crippen LogP) is 5.44. The van der Waals surface area contributed by atoms with Crippen molar-refractivity contribution in [1.82, 2.24) is 0 Å². The molecule has 0 bridgehead atoms. The van der Waals surface area contributed by atoms with E-state index in [1.54, 1.807) is 0 Å². The molecule has 0 radical (unpaired) electrons. The number of Topliss-reactive ketones (excluding diaryl/α,β-unsaturated/α-hetero) is 1.